The SMILES string of the molecule is CC(C)=CCOC(C)C1CCC(C)CC1.CC1CCC(C(C)OC(=O)C(C)O)CC1.CCOCOC(C)C1CCC(C)CC1. The molecule has 3 saturated carbocycles. The predicted octanol–water partition coefficient (Wildman–Crippen LogP) is 9.52. The number of hydrogen-bond donors (Lipinski definition) is 1. The highest BCUT2D eigenvalue weighted by molar-refractivity contribution is 5.73. The van der Waals surface area contributed by atoms with Crippen molar-refractivity contribution in [1.29, 1.82) is 0 Å². The van der Waals surface area contributed by atoms with Crippen molar-refractivity contribution in [3.05, 3.63) is 11.6 Å². The normalized spacial score (nSPS) is 29.8. The Bertz CT molecular complexity index is 738. The van der Waals surface area contributed by atoms with Crippen LogP contribution in [0.3, 0.4) is 0 Å². The summed E-state index contributed by atoms with van der Waals surface area (Å²) in [5.41, 5.74) is 1.35. The number of carbonyl (C=O) groups is 1. The first kappa shape index (κ1) is 41.1. The summed E-state index contributed by atoms with van der Waals surface area (Å²) < 4.78 is 21.9. The molecule has 44 heavy (non-hydrogen) atoms. The third-order valence-corrected chi connectivity index (χ3v) is 10.3. The van der Waals surface area contributed by atoms with Crippen LogP contribution in [0.4, 0.5) is 0 Å². The van der Waals surface area contributed by atoms with Gasteiger partial charge in [0, 0.05) is 6.61 Å². The molecule has 0 radical (unpaired) electrons. The van der Waals surface area contributed by atoms with E-state index in [1.807, 2.05) is 13.8 Å². The topological polar surface area (TPSA) is 74.2 Å². The molecule has 4 unspecified atom stereocenters. The molecule has 3 aliphatic carbocycles. The molecule has 0 aromatic carbocycles. The van der Waals surface area contributed by atoms with Crippen molar-refractivity contribution in [2.24, 2.45) is 35.5 Å². The standard InChI is InChI=1S/C14H26O.C12H22O3.C12H24O2/c1-11(2)9-10-15-13(4)14-7-5-12(3)6-8-14;1-8-4-6-11(7-5-8)10(3)15-12(14)9(2)13;1-4-13-9-14-11(3)12-7-5-10(2)6-8-12/h9,12-14H,5-8,10H2,1-4H3;8-11,13H,4-7H2,1-3H3;10-12H,4-9H2,1-3H3. The number of ether oxygens (including phenoxy) is 4. The fourth-order valence-corrected chi connectivity index (χ4v) is 6.52. The molecular formula is C38H72O6. The summed E-state index contributed by atoms with van der Waals surface area (Å²) in [7, 11) is 0. The molecule has 0 bridgehead atoms. The van der Waals surface area contributed by atoms with Gasteiger partial charge in [-0.3, -0.25) is 0 Å². The molecule has 6 heteroatoms. The van der Waals surface area contributed by atoms with E-state index in [1.165, 1.54) is 76.7 Å². The molecule has 4 atom stereocenters. The van der Waals surface area contributed by atoms with Gasteiger partial charge in [-0.15, -0.1) is 0 Å². The van der Waals surface area contributed by atoms with Crippen LogP contribution in [-0.2, 0) is 23.7 Å². The highest BCUT2D eigenvalue weighted by Gasteiger charge is 2.27. The van der Waals surface area contributed by atoms with Crippen LogP contribution >= 0.6 is 0 Å². The quantitative estimate of drug-likeness (QED) is 0.101. The summed E-state index contributed by atoms with van der Waals surface area (Å²) in [5.74, 6) is 4.20. The first-order valence-electron chi connectivity index (χ1n) is 18.2. The van der Waals surface area contributed by atoms with Crippen molar-refractivity contribution in [3.63, 3.8) is 0 Å². The molecule has 0 amide bonds. The van der Waals surface area contributed by atoms with Gasteiger partial charge in [0.2, 0.25) is 0 Å². The van der Waals surface area contributed by atoms with Crippen molar-refractivity contribution >= 4 is 5.97 Å². The molecule has 0 saturated heterocycles. The number of aliphatic hydroxyl groups is 1. The van der Waals surface area contributed by atoms with Crippen LogP contribution < -0.4 is 0 Å². The molecule has 0 aromatic heterocycles. The van der Waals surface area contributed by atoms with Gasteiger partial charge in [0.25, 0.3) is 0 Å². The number of aliphatic hydroxyl groups excluding tert-OH is 1. The molecule has 3 rings (SSSR count). The molecule has 0 aromatic rings. The molecule has 3 fully saturated rings. The van der Waals surface area contributed by atoms with Crippen LogP contribution in [0.25, 0.3) is 0 Å². The third kappa shape index (κ3) is 18.3. The van der Waals surface area contributed by atoms with Gasteiger partial charge >= 0.3 is 5.97 Å². The zero-order valence-electron chi connectivity index (χ0n) is 30.4. The number of rotatable bonds is 12. The van der Waals surface area contributed by atoms with Crippen LogP contribution in [-0.4, -0.2) is 55.5 Å². The Kier molecular flexibility index (Phi) is 21.8. The lowest BCUT2D eigenvalue weighted by molar-refractivity contribution is -0.160. The van der Waals surface area contributed by atoms with Gasteiger partial charge in [0.05, 0.1) is 18.8 Å². The Morgan fingerprint density at radius 2 is 1.07 bits per heavy atom. The summed E-state index contributed by atoms with van der Waals surface area (Å²) >= 11 is 0. The number of allylic oxidation sites excluding steroid dienone is 1. The van der Waals surface area contributed by atoms with Gasteiger partial charge < -0.3 is 24.1 Å². The Hall–Kier alpha value is -0.950. The van der Waals surface area contributed by atoms with Crippen LogP contribution in [0.15, 0.2) is 11.6 Å². The first-order chi connectivity index (χ1) is 20.8. The summed E-state index contributed by atoms with van der Waals surface area (Å²) in [5, 5.41) is 9.04. The molecule has 1 N–H and O–H groups in total. The molecular weight excluding hydrogens is 552 g/mol. The maximum absolute atomic E-state index is 11.2. The van der Waals surface area contributed by atoms with Gasteiger partial charge in [0.1, 0.15) is 19.0 Å². The highest BCUT2D eigenvalue weighted by Crippen LogP contribution is 2.33. The van der Waals surface area contributed by atoms with Crippen molar-refractivity contribution in [2.45, 2.75) is 171 Å². The minimum Gasteiger partial charge on any atom is -0.460 e. The lowest BCUT2D eigenvalue weighted by Crippen LogP contribution is -2.31. The van der Waals surface area contributed by atoms with Crippen molar-refractivity contribution < 1.29 is 28.8 Å². The highest BCUT2D eigenvalue weighted by atomic mass is 16.7. The minimum absolute atomic E-state index is 0.0559. The van der Waals surface area contributed by atoms with Crippen molar-refractivity contribution in [3.8, 4) is 0 Å². The average Bonchev–Trinajstić information content (AvgIpc) is 2.98. The fraction of sp³-hybridized carbons (Fsp3) is 0.921. The molecule has 3 aliphatic rings. The Balaban J connectivity index is 0.000000330. The molecule has 260 valence electrons. The lowest BCUT2D eigenvalue weighted by atomic mass is 9.80. The van der Waals surface area contributed by atoms with Gasteiger partial charge in [-0.05, 0) is 122 Å². The van der Waals surface area contributed by atoms with E-state index in [9.17, 15) is 4.79 Å². The van der Waals surface area contributed by atoms with E-state index < -0.39 is 12.1 Å². The van der Waals surface area contributed by atoms with Gasteiger partial charge in [0.15, 0.2) is 0 Å². The number of esters is 1. The summed E-state index contributed by atoms with van der Waals surface area (Å²) in [4.78, 5) is 11.2. The largest absolute Gasteiger partial charge is 0.460 e. The van der Waals surface area contributed by atoms with E-state index in [0.29, 0.717) is 24.9 Å². The van der Waals surface area contributed by atoms with Crippen LogP contribution in [0, 0.1) is 35.5 Å². The second-order valence-electron chi connectivity index (χ2n) is 14.7. The van der Waals surface area contributed by atoms with Crippen LogP contribution in [0.5, 0.6) is 0 Å². The summed E-state index contributed by atoms with van der Waals surface area (Å²) in [6.07, 6.45) is 17.5. The molecule has 0 spiro atoms. The molecule has 0 heterocycles. The smallest absolute Gasteiger partial charge is 0.334 e. The second-order valence-corrected chi connectivity index (χ2v) is 14.7. The van der Waals surface area contributed by atoms with Gasteiger partial charge in [-0.2, -0.15) is 0 Å². The Labute approximate surface area is 272 Å². The summed E-state index contributed by atoms with van der Waals surface area (Å²) in [6.45, 7) is 23.0. The van der Waals surface area contributed by atoms with E-state index in [0.717, 1.165) is 55.6 Å². The second kappa shape index (κ2) is 23.4. The molecule has 6 nitrogen and oxygen atoms in total. The number of carbonyl (C=O) groups excluding carboxylic acids is 1. The van der Waals surface area contributed by atoms with Gasteiger partial charge in [-0.1, -0.05) is 70.9 Å². The zero-order valence-corrected chi connectivity index (χ0v) is 30.4. The fourth-order valence-electron chi connectivity index (χ4n) is 6.52. The maximum Gasteiger partial charge on any atom is 0.334 e. The van der Waals surface area contributed by atoms with Crippen LogP contribution in [0.1, 0.15) is 146 Å². The maximum atomic E-state index is 11.2. The van der Waals surface area contributed by atoms with E-state index in [-0.39, 0.29) is 6.10 Å². The van der Waals surface area contributed by atoms with Crippen molar-refractivity contribution in [2.75, 3.05) is 20.0 Å². The average molecular weight is 625 g/mol. The Morgan fingerprint density at radius 1 is 0.682 bits per heavy atom. The first-order valence-corrected chi connectivity index (χ1v) is 18.2. The zero-order chi connectivity index (χ0) is 33.1. The van der Waals surface area contributed by atoms with E-state index >= 15 is 0 Å². The van der Waals surface area contributed by atoms with Crippen LogP contribution in [0.2, 0.25) is 0 Å². The number of hydrogen-bond acceptors (Lipinski definition) is 6. The van der Waals surface area contributed by atoms with E-state index in [4.69, 9.17) is 24.1 Å². The van der Waals surface area contributed by atoms with E-state index in [2.05, 4.69) is 54.5 Å². The lowest BCUT2D eigenvalue weighted by Gasteiger charge is -2.30. The van der Waals surface area contributed by atoms with E-state index in [1.54, 1.807) is 0 Å². The third-order valence-electron chi connectivity index (χ3n) is 10.3. The monoisotopic (exact) mass is 625 g/mol. The Morgan fingerprint density at radius 3 is 1.43 bits per heavy atom. The van der Waals surface area contributed by atoms with Gasteiger partial charge in [-0.25, -0.2) is 4.79 Å². The summed E-state index contributed by atoms with van der Waals surface area (Å²) in [6, 6.07) is 0. The predicted molar refractivity (Wildman–Crippen MR) is 182 cm³/mol. The minimum atomic E-state index is -1.00. The molecule has 0 aliphatic heterocycles. The van der Waals surface area contributed by atoms with Crippen molar-refractivity contribution in [1.82, 2.24) is 0 Å².